The van der Waals surface area contributed by atoms with Gasteiger partial charge in [-0.2, -0.15) is 4.98 Å². The zero-order chi connectivity index (χ0) is 20.5. The van der Waals surface area contributed by atoms with Crippen LogP contribution in [0.3, 0.4) is 0 Å². The number of aromatic amines is 1. The molecule has 10 heteroatoms. The van der Waals surface area contributed by atoms with Crippen LogP contribution in [0.1, 0.15) is 5.56 Å². The summed E-state index contributed by atoms with van der Waals surface area (Å²) < 4.78 is 40.4. The largest absolute Gasteiger partial charge is 0.350 e. The number of nitrogens with zero attached hydrogens (tertiary/aromatic N) is 3. The van der Waals surface area contributed by atoms with Gasteiger partial charge >= 0.3 is 5.69 Å². The van der Waals surface area contributed by atoms with Gasteiger partial charge < -0.3 is 5.32 Å². The number of benzene rings is 2. The number of anilines is 1. The van der Waals surface area contributed by atoms with E-state index in [-0.39, 0.29) is 29.2 Å². The highest BCUT2D eigenvalue weighted by atomic mass is 19.1. The molecule has 0 fully saturated rings. The maximum absolute atomic E-state index is 13.3. The van der Waals surface area contributed by atoms with Crippen LogP contribution in [0.15, 0.2) is 58.3 Å². The number of hydrogen-bond acceptors (Lipinski definition) is 5. The third kappa shape index (κ3) is 3.72. The van der Waals surface area contributed by atoms with Crippen molar-refractivity contribution in [2.75, 3.05) is 5.32 Å². The maximum Gasteiger partial charge on any atom is 0.334 e. The summed E-state index contributed by atoms with van der Waals surface area (Å²) >= 11 is 0. The molecule has 146 valence electrons. The van der Waals surface area contributed by atoms with Crippen LogP contribution in [0.25, 0.3) is 16.7 Å². The second-order valence-corrected chi connectivity index (χ2v) is 6.13. The van der Waals surface area contributed by atoms with Crippen molar-refractivity contribution in [2.45, 2.75) is 6.54 Å². The molecule has 0 saturated carbocycles. The molecule has 0 aliphatic carbocycles. The van der Waals surface area contributed by atoms with Gasteiger partial charge in [-0.3, -0.25) is 9.78 Å². The second-order valence-electron chi connectivity index (χ2n) is 6.13. The lowest BCUT2D eigenvalue weighted by atomic mass is 10.2. The van der Waals surface area contributed by atoms with Gasteiger partial charge in [0.1, 0.15) is 22.8 Å². The number of nitrogens with one attached hydrogen (secondary N) is 2. The molecular formula is C19H12F3N5O2. The fourth-order valence-corrected chi connectivity index (χ4v) is 2.81. The average molecular weight is 399 g/mol. The number of fused-ring (bicyclic) bond motifs is 1. The Labute approximate surface area is 160 Å². The topological polar surface area (TPSA) is 92.7 Å². The molecule has 0 spiro atoms. The van der Waals surface area contributed by atoms with Gasteiger partial charge in [0.15, 0.2) is 5.65 Å². The number of aromatic nitrogens is 4. The Balaban J connectivity index is 1.68. The molecule has 0 aliphatic heterocycles. The highest BCUT2D eigenvalue weighted by Crippen LogP contribution is 2.11. The second kappa shape index (κ2) is 7.23. The first-order valence-electron chi connectivity index (χ1n) is 8.37. The summed E-state index contributed by atoms with van der Waals surface area (Å²) in [6, 6.07) is 7.92. The predicted octanol–water partition coefficient (Wildman–Crippen LogP) is 2.50. The van der Waals surface area contributed by atoms with E-state index in [9.17, 15) is 22.8 Å². The molecule has 0 atom stereocenters. The van der Waals surface area contributed by atoms with E-state index in [1.165, 1.54) is 18.3 Å². The minimum atomic E-state index is -0.758. The monoisotopic (exact) mass is 399 g/mol. The standard InChI is InChI=1S/C19H12F3N5O2/c20-11-1-3-14(4-2-11)27-17(28)15-9-24-18(25-16(15)26-19(27)29)23-8-10-5-12(21)7-13(22)6-10/h1-7,9H,8H2,(H2,23,24,25,26,29). The molecule has 2 aromatic heterocycles. The molecular weight excluding hydrogens is 387 g/mol. The van der Waals surface area contributed by atoms with Crippen molar-refractivity contribution >= 4 is 17.0 Å². The Morgan fingerprint density at radius 3 is 2.34 bits per heavy atom. The lowest BCUT2D eigenvalue weighted by Gasteiger charge is -2.08. The van der Waals surface area contributed by atoms with Crippen molar-refractivity contribution in [2.24, 2.45) is 0 Å². The van der Waals surface area contributed by atoms with Gasteiger partial charge in [0.25, 0.3) is 5.56 Å². The van der Waals surface area contributed by atoms with Crippen LogP contribution >= 0.6 is 0 Å². The van der Waals surface area contributed by atoms with Crippen LogP contribution in [0.5, 0.6) is 0 Å². The van der Waals surface area contributed by atoms with Crippen molar-refractivity contribution in [3.05, 3.63) is 92.5 Å². The number of rotatable bonds is 4. The molecule has 2 N–H and O–H groups in total. The van der Waals surface area contributed by atoms with Crippen LogP contribution in [-0.2, 0) is 6.54 Å². The van der Waals surface area contributed by atoms with Crippen LogP contribution in [0.2, 0.25) is 0 Å². The fourth-order valence-electron chi connectivity index (χ4n) is 2.81. The van der Waals surface area contributed by atoms with Gasteiger partial charge in [0.2, 0.25) is 5.95 Å². The van der Waals surface area contributed by atoms with Crippen molar-refractivity contribution < 1.29 is 13.2 Å². The Morgan fingerprint density at radius 1 is 0.966 bits per heavy atom. The summed E-state index contributed by atoms with van der Waals surface area (Å²) in [7, 11) is 0. The zero-order valence-electron chi connectivity index (χ0n) is 14.6. The summed E-state index contributed by atoms with van der Waals surface area (Å²) in [5, 5.41) is 2.81. The normalized spacial score (nSPS) is 11.0. The lowest BCUT2D eigenvalue weighted by Crippen LogP contribution is -2.34. The Bertz CT molecular complexity index is 1310. The Morgan fingerprint density at radius 2 is 1.66 bits per heavy atom. The summed E-state index contributed by atoms with van der Waals surface area (Å²) in [6.45, 7) is 0.0249. The molecule has 0 aliphatic rings. The zero-order valence-corrected chi connectivity index (χ0v) is 14.6. The van der Waals surface area contributed by atoms with E-state index >= 15 is 0 Å². The smallest absolute Gasteiger partial charge is 0.334 e. The number of hydrogen-bond donors (Lipinski definition) is 2. The molecule has 7 nitrogen and oxygen atoms in total. The number of halogens is 3. The van der Waals surface area contributed by atoms with Gasteiger partial charge in [-0.05, 0) is 42.0 Å². The van der Waals surface area contributed by atoms with Crippen molar-refractivity contribution in [1.29, 1.82) is 0 Å². The third-order valence-corrected chi connectivity index (χ3v) is 4.11. The molecule has 0 unspecified atom stereocenters. The van der Waals surface area contributed by atoms with Crippen molar-refractivity contribution in [3.63, 3.8) is 0 Å². The predicted molar refractivity (Wildman–Crippen MR) is 99.4 cm³/mol. The van der Waals surface area contributed by atoms with E-state index in [2.05, 4.69) is 20.3 Å². The molecule has 0 amide bonds. The molecule has 2 heterocycles. The van der Waals surface area contributed by atoms with Gasteiger partial charge in [-0.25, -0.2) is 27.5 Å². The Kier molecular flexibility index (Phi) is 4.59. The SMILES string of the molecule is O=c1[nH]c2nc(NCc3cc(F)cc(F)c3)ncc2c(=O)n1-c1ccc(F)cc1. The van der Waals surface area contributed by atoms with Crippen molar-refractivity contribution in [1.82, 2.24) is 19.5 Å². The van der Waals surface area contributed by atoms with E-state index in [1.807, 2.05) is 0 Å². The van der Waals surface area contributed by atoms with Crippen LogP contribution < -0.4 is 16.6 Å². The van der Waals surface area contributed by atoms with Gasteiger partial charge in [-0.15, -0.1) is 0 Å². The molecule has 2 aromatic carbocycles. The molecule has 4 aromatic rings. The third-order valence-electron chi connectivity index (χ3n) is 4.11. The highest BCUT2D eigenvalue weighted by molar-refractivity contribution is 5.73. The minimum Gasteiger partial charge on any atom is -0.350 e. The maximum atomic E-state index is 13.3. The first-order chi connectivity index (χ1) is 13.9. The van der Waals surface area contributed by atoms with E-state index in [4.69, 9.17) is 0 Å². The summed E-state index contributed by atoms with van der Waals surface area (Å²) in [4.78, 5) is 35.6. The minimum absolute atomic E-state index is 0.0127. The van der Waals surface area contributed by atoms with Gasteiger partial charge in [0, 0.05) is 18.8 Å². The first kappa shape index (κ1) is 18.4. The Hall–Kier alpha value is -3.95. The summed E-state index contributed by atoms with van der Waals surface area (Å²) in [6.07, 6.45) is 1.22. The summed E-state index contributed by atoms with van der Waals surface area (Å²) in [5.41, 5.74) is -0.928. The van der Waals surface area contributed by atoms with Crippen LogP contribution in [0.4, 0.5) is 19.1 Å². The first-order valence-corrected chi connectivity index (χ1v) is 8.37. The van der Waals surface area contributed by atoms with E-state index in [0.29, 0.717) is 5.56 Å². The van der Waals surface area contributed by atoms with E-state index in [1.54, 1.807) is 0 Å². The number of H-pyrrole nitrogens is 1. The molecule has 0 bridgehead atoms. The van der Waals surface area contributed by atoms with Gasteiger partial charge in [-0.1, -0.05) is 0 Å². The fraction of sp³-hybridized carbons (Fsp3) is 0.0526. The molecule has 0 radical (unpaired) electrons. The van der Waals surface area contributed by atoms with Crippen molar-refractivity contribution in [3.8, 4) is 5.69 Å². The molecule has 29 heavy (non-hydrogen) atoms. The highest BCUT2D eigenvalue weighted by Gasteiger charge is 2.12. The van der Waals surface area contributed by atoms with E-state index < -0.39 is 28.7 Å². The molecule has 4 rings (SSSR count). The van der Waals surface area contributed by atoms with E-state index in [0.717, 1.165) is 34.9 Å². The molecule has 0 saturated heterocycles. The quantitative estimate of drug-likeness (QED) is 0.550. The van der Waals surface area contributed by atoms with Crippen LogP contribution in [0, 0.1) is 17.5 Å². The van der Waals surface area contributed by atoms with Gasteiger partial charge in [0.05, 0.1) is 5.69 Å². The lowest BCUT2D eigenvalue weighted by molar-refractivity contribution is 0.580. The average Bonchev–Trinajstić information content (AvgIpc) is 2.67. The summed E-state index contributed by atoms with van der Waals surface area (Å²) in [5.74, 6) is -1.88. The van der Waals surface area contributed by atoms with Crippen LogP contribution in [-0.4, -0.2) is 19.5 Å².